The number of carbonyl (C=O) groups is 2. The number of hydrogen-bond donors (Lipinski definition) is 2. The first-order valence-corrected chi connectivity index (χ1v) is 6.93. The van der Waals surface area contributed by atoms with E-state index in [2.05, 4.69) is 5.32 Å². The summed E-state index contributed by atoms with van der Waals surface area (Å²) in [5.74, 6) is -4.43. The number of rotatable bonds is 4. The van der Waals surface area contributed by atoms with Crippen molar-refractivity contribution in [2.24, 2.45) is 11.8 Å². The largest absolute Gasteiger partial charge is 0.481 e. The zero-order valence-corrected chi connectivity index (χ0v) is 11.4. The van der Waals surface area contributed by atoms with Gasteiger partial charge in [0.1, 0.15) is 0 Å². The average Bonchev–Trinajstić information content (AvgIpc) is 2.48. The van der Waals surface area contributed by atoms with E-state index in [9.17, 15) is 18.4 Å². The number of benzene rings is 1. The van der Waals surface area contributed by atoms with Crippen LogP contribution in [-0.2, 0) is 16.1 Å². The van der Waals surface area contributed by atoms with Crippen LogP contribution < -0.4 is 5.32 Å². The third-order valence-electron chi connectivity index (χ3n) is 3.87. The second-order valence-electron chi connectivity index (χ2n) is 5.30. The van der Waals surface area contributed by atoms with Crippen molar-refractivity contribution in [3.8, 4) is 0 Å². The van der Waals surface area contributed by atoms with Crippen LogP contribution in [0.3, 0.4) is 0 Å². The fourth-order valence-corrected chi connectivity index (χ4v) is 2.71. The van der Waals surface area contributed by atoms with Crippen LogP contribution in [0.5, 0.6) is 0 Å². The topological polar surface area (TPSA) is 66.4 Å². The van der Waals surface area contributed by atoms with Crippen LogP contribution in [0, 0.1) is 23.5 Å². The number of amides is 1. The van der Waals surface area contributed by atoms with E-state index in [4.69, 9.17) is 5.11 Å². The highest BCUT2D eigenvalue weighted by atomic mass is 19.2. The van der Waals surface area contributed by atoms with Gasteiger partial charge in [0, 0.05) is 6.54 Å². The Balaban J connectivity index is 1.96. The van der Waals surface area contributed by atoms with Crippen LogP contribution in [0.25, 0.3) is 0 Å². The van der Waals surface area contributed by atoms with Crippen molar-refractivity contribution in [3.63, 3.8) is 0 Å². The van der Waals surface area contributed by atoms with Gasteiger partial charge >= 0.3 is 5.97 Å². The van der Waals surface area contributed by atoms with Crippen LogP contribution in [-0.4, -0.2) is 17.0 Å². The molecule has 1 saturated carbocycles. The van der Waals surface area contributed by atoms with Gasteiger partial charge in [-0.15, -0.1) is 0 Å². The Hall–Kier alpha value is -1.98. The lowest BCUT2D eigenvalue weighted by molar-refractivity contribution is -0.148. The van der Waals surface area contributed by atoms with E-state index in [0.717, 1.165) is 25.0 Å². The average molecular weight is 297 g/mol. The Morgan fingerprint density at radius 1 is 1.14 bits per heavy atom. The van der Waals surface area contributed by atoms with Crippen LogP contribution in [0.1, 0.15) is 31.2 Å². The predicted octanol–water partition coefficient (Wildman–Crippen LogP) is 2.47. The summed E-state index contributed by atoms with van der Waals surface area (Å²) in [4.78, 5) is 23.3. The molecule has 0 heterocycles. The predicted molar refractivity (Wildman–Crippen MR) is 71.3 cm³/mol. The van der Waals surface area contributed by atoms with E-state index in [1.165, 1.54) is 6.07 Å². The molecule has 0 unspecified atom stereocenters. The number of halogens is 2. The minimum atomic E-state index is -0.970. The van der Waals surface area contributed by atoms with Gasteiger partial charge in [0.2, 0.25) is 5.91 Å². The molecule has 114 valence electrons. The second kappa shape index (κ2) is 6.65. The molecule has 0 radical (unpaired) electrons. The zero-order chi connectivity index (χ0) is 15.4. The van der Waals surface area contributed by atoms with Crippen LogP contribution >= 0.6 is 0 Å². The molecular weight excluding hydrogens is 280 g/mol. The first-order chi connectivity index (χ1) is 9.99. The van der Waals surface area contributed by atoms with Gasteiger partial charge in [-0.2, -0.15) is 0 Å². The Bertz CT molecular complexity index is 548. The summed E-state index contributed by atoms with van der Waals surface area (Å²) in [6.45, 7) is 0.0544. The van der Waals surface area contributed by atoms with E-state index < -0.39 is 29.4 Å². The van der Waals surface area contributed by atoms with Crippen LogP contribution in [0.15, 0.2) is 18.2 Å². The lowest BCUT2D eigenvalue weighted by Crippen LogP contribution is -2.39. The molecule has 1 aromatic carbocycles. The van der Waals surface area contributed by atoms with Crippen molar-refractivity contribution in [2.75, 3.05) is 0 Å². The van der Waals surface area contributed by atoms with Crippen LogP contribution in [0.2, 0.25) is 0 Å². The van der Waals surface area contributed by atoms with Crippen molar-refractivity contribution in [3.05, 3.63) is 35.4 Å². The number of aliphatic carboxylic acids is 1. The van der Waals surface area contributed by atoms with Gasteiger partial charge in [0.15, 0.2) is 11.6 Å². The summed E-state index contributed by atoms with van der Waals surface area (Å²) in [7, 11) is 0. The van der Waals surface area contributed by atoms with Gasteiger partial charge in [-0.1, -0.05) is 18.9 Å². The van der Waals surface area contributed by atoms with Gasteiger partial charge in [-0.05, 0) is 30.5 Å². The summed E-state index contributed by atoms with van der Waals surface area (Å²) >= 11 is 0. The molecule has 4 nitrogen and oxygen atoms in total. The molecule has 1 aliphatic carbocycles. The molecule has 21 heavy (non-hydrogen) atoms. The van der Waals surface area contributed by atoms with Gasteiger partial charge < -0.3 is 10.4 Å². The normalized spacial score (nSPS) is 21.8. The molecule has 0 aromatic heterocycles. The highest BCUT2D eigenvalue weighted by Gasteiger charge is 2.35. The Labute approximate surface area is 121 Å². The Morgan fingerprint density at radius 2 is 1.81 bits per heavy atom. The fraction of sp³-hybridized carbons (Fsp3) is 0.467. The molecule has 0 bridgehead atoms. The molecule has 1 aliphatic rings. The third kappa shape index (κ3) is 3.77. The van der Waals surface area contributed by atoms with E-state index in [1.54, 1.807) is 0 Å². The van der Waals surface area contributed by atoms with Crippen molar-refractivity contribution in [1.82, 2.24) is 5.32 Å². The molecule has 0 aliphatic heterocycles. The maximum Gasteiger partial charge on any atom is 0.307 e. The van der Waals surface area contributed by atoms with Crippen molar-refractivity contribution < 1.29 is 23.5 Å². The van der Waals surface area contributed by atoms with E-state index in [0.29, 0.717) is 18.4 Å². The van der Waals surface area contributed by atoms with E-state index >= 15 is 0 Å². The molecule has 2 N–H and O–H groups in total. The van der Waals surface area contributed by atoms with Gasteiger partial charge in [0.05, 0.1) is 11.8 Å². The van der Waals surface area contributed by atoms with Gasteiger partial charge in [-0.3, -0.25) is 9.59 Å². The maximum atomic E-state index is 13.1. The molecule has 0 spiro atoms. The molecular formula is C15H17F2NO3. The summed E-state index contributed by atoms with van der Waals surface area (Å²) in [5.41, 5.74) is 0.435. The lowest BCUT2D eigenvalue weighted by atomic mass is 9.78. The Morgan fingerprint density at radius 3 is 2.43 bits per heavy atom. The quantitative estimate of drug-likeness (QED) is 0.897. The SMILES string of the molecule is O=C(O)[C@H]1CCCC[C@H]1C(=O)NCc1ccc(F)c(F)c1. The monoisotopic (exact) mass is 297 g/mol. The molecule has 1 fully saturated rings. The smallest absolute Gasteiger partial charge is 0.307 e. The fourth-order valence-electron chi connectivity index (χ4n) is 2.71. The van der Waals surface area contributed by atoms with Crippen molar-refractivity contribution in [1.29, 1.82) is 0 Å². The number of nitrogens with one attached hydrogen (secondary N) is 1. The number of hydrogen-bond acceptors (Lipinski definition) is 2. The number of carbonyl (C=O) groups excluding carboxylic acids is 1. The molecule has 1 amide bonds. The highest BCUT2D eigenvalue weighted by molar-refractivity contribution is 5.84. The minimum Gasteiger partial charge on any atom is -0.481 e. The third-order valence-corrected chi connectivity index (χ3v) is 3.87. The molecule has 6 heteroatoms. The summed E-state index contributed by atoms with van der Waals surface area (Å²) in [6.07, 6.45) is 2.68. The molecule has 1 aromatic rings. The van der Waals surface area contributed by atoms with E-state index in [1.807, 2.05) is 0 Å². The second-order valence-corrected chi connectivity index (χ2v) is 5.30. The first kappa shape index (κ1) is 15.4. The number of carboxylic acids is 1. The molecule has 2 atom stereocenters. The first-order valence-electron chi connectivity index (χ1n) is 6.93. The molecule has 0 saturated heterocycles. The minimum absolute atomic E-state index is 0.0544. The zero-order valence-electron chi connectivity index (χ0n) is 11.4. The summed E-state index contributed by atoms with van der Waals surface area (Å²) in [6, 6.07) is 3.40. The number of carboxylic acid groups (broad SMARTS) is 1. The van der Waals surface area contributed by atoms with Crippen molar-refractivity contribution in [2.45, 2.75) is 32.2 Å². The lowest BCUT2D eigenvalue weighted by Gasteiger charge is -2.27. The van der Waals surface area contributed by atoms with E-state index in [-0.39, 0.29) is 12.5 Å². The summed E-state index contributed by atoms with van der Waals surface area (Å²) < 4.78 is 25.9. The Kier molecular flexibility index (Phi) is 4.88. The molecule has 2 rings (SSSR count). The highest BCUT2D eigenvalue weighted by Crippen LogP contribution is 2.30. The maximum absolute atomic E-state index is 13.1. The van der Waals surface area contributed by atoms with Crippen LogP contribution in [0.4, 0.5) is 8.78 Å². The van der Waals surface area contributed by atoms with Crippen molar-refractivity contribution >= 4 is 11.9 Å². The standard InChI is InChI=1S/C15H17F2NO3/c16-12-6-5-9(7-13(12)17)8-18-14(19)10-3-1-2-4-11(10)15(20)21/h5-7,10-11H,1-4,8H2,(H,18,19)(H,20,21)/t10-,11+/m1/s1. The summed E-state index contributed by atoms with van der Waals surface area (Å²) in [5, 5.41) is 11.7. The van der Waals surface area contributed by atoms with Gasteiger partial charge in [0.25, 0.3) is 0 Å². The van der Waals surface area contributed by atoms with Gasteiger partial charge in [-0.25, -0.2) is 8.78 Å².